The lowest BCUT2D eigenvalue weighted by molar-refractivity contribution is -0.143. The third-order valence-electron chi connectivity index (χ3n) is 9.82. The third-order valence-corrected chi connectivity index (χ3v) is 10.9. The molecule has 0 radical (unpaired) electrons. The zero-order valence-electron chi connectivity index (χ0n) is 36.1. The fraction of sp³-hybridized carbons (Fsp3) is 0.955. The number of aliphatic carboxylic acids is 2. The minimum absolute atomic E-state index is 1.16. The van der Waals surface area contributed by atoms with E-state index in [0.29, 0.717) is 0 Å². The molecule has 0 aliphatic carbocycles. The van der Waals surface area contributed by atoms with Gasteiger partial charge < -0.3 is 20.8 Å². The topological polar surface area (TPSA) is 153 Å². The van der Waals surface area contributed by atoms with Crippen molar-refractivity contribution in [1.82, 2.24) is 10.6 Å². The van der Waals surface area contributed by atoms with Crippen LogP contribution in [0.2, 0.25) is 0 Å². The van der Waals surface area contributed by atoms with Crippen molar-refractivity contribution in [3.63, 3.8) is 0 Å². The molecular weight excluding hydrogens is 701 g/mol. The summed E-state index contributed by atoms with van der Waals surface area (Å²) in [5.41, 5.74) is 0. The van der Waals surface area contributed by atoms with Crippen LogP contribution in [-0.2, 0) is 19.7 Å². The van der Waals surface area contributed by atoms with Crippen molar-refractivity contribution in [2.45, 2.75) is 245 Å². The number of carboxylic acids is 2. The molecule has 1 unspecified atom stereocenters. The molecule has 0 aliphatic heterocycles. The van der Waals surface area contributed by atoms with Crippen LogP contribution in [0.4, 0.5) is 0 Å². The van der Waals surface area contributed by atoms with E-state index in [1.165, 1.54) is 232 Å². The van der Waals surface area contributed by atoms with Crippen LogP contribution < -0.4 is 10.6 Å². The summed E-state index contributed by atoms with van der Waals surface area (Å²) >= 11 is 0. The summed E-state index contributed by atoms with van der Waals surface area (Å²) in [6.07, 6.45) is 44.5. The maximum atomic E-state index is 10.2. The van der Waals surface area contributed by atoms with Crippen LogP contribution in [0.3, 0.4) is 0 Å². The summed E-state index contributed by atoms with van der Waals surface area (Å²) in [6.45, 7) is 14.1. The van der Waals surface area contributed by atoms with Gasteiger partial charge in [-0.3, -0.25) is 14.1 Å². The van der Waals surface area contributed by atoms with Crippen molar-refractivity contribution in [3.8, 4) is 0 Å². The summed E-state index contributed by atoms with van der Waals surface area (Å²) in [6, 6.07) is 0. The lowest BCUT2D eigenvalue weighted by Crippen LogP contribution is -2.31. The number of nitrogens with one attached hydrogen (secondary N) is 2. The Hall–Kier alpha value is -1.23. The highest BCUT2D eigenvalue weighted by Crippen LogP contribution is 2.11. The SMILES string of the molecule is CCCCCCCCCCNCCCCCCCCCC.CCCCCCCCCCNCCCCCCCCCC.O=C(O)CC(C(=O)O)S(=O)(=O)O. The van der Waals surface area contributed by atoms with Gasteiger partial charge in [0.05, 0.1) is 6.42 Å². The van der Waals surface area contributed by atoms with Gasteiger partial charge in [0.1, 0.15) is 0 Å². The van der Waals surface area contributed by atoms with Crippen LogP contribution in [0, 0.1) is 0 Å². The lowest BCUT2D eigenvalue weighted by atomic mass is 10.1. The molecule has 0 saturated carbocycles. The van der Waals surface area contributed by atoms with E-state index >= 15 is 0 Å². The highest BCUT2D eigenvalue weighted by Gasteiger charge is 2.33. The number of rotatable bonds is 40. The Morgan fingerprint density at radius 2 is 0.611 bits per heavy atom. The van der Waals surface area contributed by atoms with E-state index in [1.54, 1.807) is 0 Å². The average Bonchev–Trinajstić information content (AvgIpc) is 3.13. The first kappa shape index (κ1) is 57.1. The molecule has 326 valence electrons. The molecule has 0 heterocycles. The van der Waals surface area contributed by atoms with E-state index in [1.807, 2.05) is 0 Å². The summed E-state index contributed by atoms with van der Waals surface area (Å²) in [4.78, 5) is 20.0. The summed E-state index contributed by atoms with van der Waals surface area (Å²) in [5.74, 6) is -3.50. The second-order valence-electron chi connectivity index (χ2n) is 15.3. The van der Waals surface area contributed by atoms with Gasteiger partial charge in [-0.2, -0.15) is 8.42 Å². The standard InChI is InChI=1S/2C20H43N.C4H6O7S/c2*1-3-5-7-9-11-13-15-17-19-21-20-18-16-14-12-10-8-6-4-2;5-3(6)1-2(4(7)8)12(9,10)11/h2*21H,3-20H2,1-2H3;2H,1H2,(H,5,6)(H,7,8)(H,9,10,11). The van der Waals surface area contributed by atoms with Gasteiger partial charge >= 0.3 is 11.9 Å². The Labute approximate surface area is 335 Å². The Bertz CT molecular complexity index is 784. The molecule has 1 atom stereocenters. The Morgan fingerprint density at radius 1 is 0.407 bits per heavy atom. The molecule has 0 aromatic heterocycles. The Kier molecular flexibility index (Phi) is 50.7. The van der Waals surface area contributed by atoms with E-state index in [9.17, 15) is 18.0 Å². The van der Waals surface area contributed by atoms with Crippen LogP contribution in [0.5, 0.6) is 0 Å². The predicted octanol–water partition coefficient (Wildman–Crippen LogP) is 12.5. The third kappa shape index (κ3) is 52.9. The quantitative estimate of drug-likeness (QED) is 0.0301. The molecule has 10 heteroatoms. The number of unbranched alkanes of at least 4 members (excludes halogenated alkanes) is 28. The molecule has 5 N–H and O–H groups in total. The summed E-state index contributed by atoms with van der Waals surface area (Å²) < 4.78 is 28.7. The zero-order chi connectivity index (χ0) is 40.8. The smallest absolute Gasteiger partial charge is 0.325 e. The molecule has 0 aromatic carbocycles. The number of hydrogen-bond acceptors (Lipinski definition) is 6. The largest absolute Gasteiger partial charge is 0.481 e. The van der Waals surface area contributed by atoms with Crippen LogP contribution in [0.15, 0.2) is 0 Å². The second-order valence-corrected chi connectivity index (χ2v) is 16.9. The molecule has 0 rings (SSSR count). The number of carbonyl (C=O) groups is 2. The zero-order valence-corrected chi connectivity index (χ0v) is 36.9. The van der Waals surface area contributed by atoms with Crippen molar-refractivity contribution >= 4 is 22.1 Å². The minimum atomic E-state index is -4.84. The fourth-order valence-electron chi connectivity index (χ4n) is 6.26. The number of carboxylic acid groups (broad SMARTS) is 2. The molecule has 54 heavy (non-hydrogen) atoms. The van der Waals surface area contributed by atoms with Crippen molar-refractivity contribution in [3.05, 3.63) is 0 Å². The Morgan fingerprint density at radius 3 is 0.759 bits per heavy atom. The van der Waals surface area contributed by atoms with Gasteiger partial charge in [0.25, 0.3) is 10.1 Å². The first-order valence-electron chi connectivity index (χ1n) is 22.9. The van der Waals surface area contributed by atoms with Crippen LogP contribution >= 0.6 is 0 Å². The van der Waals surface area contributed by atoms with Gasteiger partial charge in [0, 0.05) is 0 Å². The van der Waals surface area contributed by atoms with Gasteiger partial charge in [-0.05, 0) is 51.9 Å². The highest BCUT2D eigenvalue weighted by molar-refractivity contribution is 7.87. The van der Waals surface area contributed by atoms with Gasteiger partial charge in [-0.25, -0.2) is 0 Å². The molecule has 0 amide bonds. The maximum Gasteiger partial charge on any atom is 0.325 e. The van der Waals surface area contributed by atoms with E-state index in [0.717, 1.165) is 0 Å². The van der Waals surface area contributed by atoms with E-state index in [2.05, 4.69) is 38.3 Å². The maximum absolute atomic E-state index is 10.2. The summed E-state index contributed by atoms with van der Waals surface area (Å²) in [5, 5.41) is 21.1. The minimum Gasteiger partial charge on any atom is -0.481 e. The van der Waals surface area contributed by atoms with Crippen molar-refractivity contribution in [1.29, 1.82) is 0 Å². The molecule has 0 spiro atoms. The van der Waals surface area contributed by atoms with Gasteiger partial charge in [0.15, 0.2) is 5.25 Å². The fourth-order valence-corrected chi connectivity index (χ4v) is 6.87. The monoisotopic (exact) mass is 793 g/mol. The first-order chi connectivity index (χ1) is 26.1. The van der Waals surface area contributed by atoms with Crippen molar-refractivity contribution in [2.24, 2.45) is 0 Å². The van der Waals surface area contributed by atoms with Gasteiger partial charge in [0.2, 0.25) is 0 Å². The predicted molar refractivity (Wildman–Crippen MR) is 231 cm³/mol. The number of hydrogen-bond donors (Lipinski definition) is 5. The molecular formula is C44H92N2O7S. The second kappa shape index (κ2) is 47.9. The molecule has 0 fully saturated rings. The van der Waals surface area contributed by atoms with Crippen LogP contribution in [0.1, 0.15) is 240 Å². The molecule has 0 bridgehead atoms. The van der Waals surface area contributed by atoms with E-state index in [-0.39, 0.29) is 0 Å². The first-order valence-corrected chi connectivity index (χ1v) is 24.4. The Balaban J connectivity index is -0.000000752. The van der Waals surface area contributed by atoms with Crippen LogP contribution in [0.25, 0.3) is 0 Å². The van der Waals surface area contributed by atoms with Crippen molar-refractivity contribution in [2.75, 3.05) is 26.2 Å². The molecule has 0 aliphatic rings. The molecule has 9 nitrogen and oxygen atoms in total. The van der Waals surface area contributed by atoms with Gasteiger partial charge in [-0.1, -0.05) is 207 Å². The molecule has 0 saturated heterocycles. The normalized spacial score (nSPS) is 11.7. The highest BCUT2D eigenvalue weighted by atomic mass is 32.2. The lowest BCUT2D eigenvalue weighted by Gasteiger charge is -2.05. The van der Waals surface area contributed by atoms with E-state index in [4.69, 9.17) is 14.8 Å². The average molecular weight is 793 g/mol. The van der Waals surface area contributed by atoms with Crippen molar-refractivity contribution < 1.29 is 32.8 Å². The van der Waals surface area contributed by atoms with Gasteiger partial charge in [-0.15, -0.1) is 0 Å². The molecule has 0 aromatic rings. The van der Waals surface area contributed by atoms with E-state index < -0.39 is 33.7 Å². The summed E-state index contributed by atoms with van der Waals surface area (Å²) in [7, 11) is -4.84. The van der Waals surface area contributed by atoms with Crippen LogP contribution in [-0.4, -0.2) is 66.6 Å².